The van der Waals surface area contributed by atoms with Crippen LogP contribution in [0, 0.1) is 0 Å². The number of nitrogens with zero attached hydrogens (tertiary/aromatic N) is 2. The van der Waals surface area contributed by atoms with Crippen molar-refractivity contribution in [2.75, 3.05) is 9.80 Å². The Bertz CT molecular complexity index is 4860. The molecule has 12 aromatic carbocycles. The van der Waals surface area contributed by atoms with Crippen molar-refractivity contribution in [3.63, 3.8) is 0 Å². The third kappa shape index (κ3) is 14.4. The van der Waals surface area contributed by atoms with E-state index >= 15 is 0 Å². The largest absolute Gasteiger partial charge is 0.311 e. The summed E-state index contributed by atoms with van der Waals surface area (Å²) < 4.78 is 0. The number of anilines is 6. The van der Waals surface area contributed by atoms with Gasteiger partial charge in [0.25, 0.3) is 6.71 Å². The zero-order valence-electron chi connectivity index (χ0n) is 68.6. The molecule has 14 rings (SSSR count). The maximum absolute atomic E-state index is 2.71. The number of rotatable bonds is 9. The zero-order chi connectivity index (χ0) is 76.6. The van der Waals surface area contributed by atoms with Crippen LogP contribution in [0.5, 0.6) is 0 Å². The smallest absolute Gasteiger partial charge is 0.252 e. The molecule has 542 valence electrons. The number of hydrogen-bond acceptors (Lipinski definition) is 2. The van der Waals surface area contributed by atoms with Gasteiger partial charge in [-0.1, -0.05) is 342 Å². The third-order valence-electron chi connectivity index (χ3n) is 22.9. The summed E-state index contributed by atoms with van der Waals surface area (Å²) >= 11 is 0. The van der Waals surface area contributed by atoms with Crippen LogP contribution in [-0.4, -0.2) is 6.71 Å². The maximum Gasteiger partial charge on any atom is 0.252 e. The first-order chi connectivity index (χ1) is 50.1. The Morgan fingerprint density at radius 2 is 0.430 bits per heavy atom. The second kappa shape index (κ2) is 26.6. The van der Waals surface area contributed by atoms with E-state index in [-0.39, 0.29) is 50.0 Å². The van der Waals surface area contributed by atoms with Crippen molar-refractivity contribution in [1.82, 2.24) is 0 Å². The van der Waals surface area contributed by atoms with Gasteiger partial charge in [-0.05, 0) is 238 Å². The van der Waals surface area contributed by atoms with E-state index < -0.39 is 0 Å². The fraction of sp³-hybridized carbons (Fsp3) is 0.308. The molecular formula is C104H113BN2. The Balaban J connectivity index is 1.27. The van der Waals surface area contributed by atoms with Crippen molar-refractivity contribution in [2.45, 2.75) is 209 Å². The minimum absolute atomic E-state index is 0.0279. The second-order valence-electron chi connectivity index (χ2n) is 39.3. The fourth-order valence-electron chi connectivity index (χ4n) is 16.2. The SMILES string of the molecule is CC(C)(C)c1ccc(-c2cc(-c3ccc(C(C)(C)C)cc3)cc(-c3c(-c4ccccc4)c(-c4cc(-c5ccc(C(C)(C)C)cc5)cc(-c5ccc(C(C)(C)C)cc5)c4)c4c5c3N(c3ccc(C(C)(C)C)cc3)c3ccc(C(C)(C)C)cc3B5c3cc(C(C)(C)C)ccc3N4c3ccc(C(C)(C)C)cc3)c2)cc1. The monoisotopic (exact) mass is 1400 g/mol. The van der Waals surface area contributed by atoms with Gasteiger partial charge in [0.05, 0.1) is 11.4 Å². The molecule has 3 heteroatoms. The number of fused-ring (bicyclic) bond motifs is 4. The Morgan fingerprint density at radius 1 is 0.196 bits per heavy atom. The highest BCUT2D eigenvalue weighted by molar-refractivity contribution is 7.00. The average Bonchev–Trinajstić information content (AvgIpc) is 0.675. The highest BCUT2D eigenvalue weighted by Gasteiger charge is 2.48. The molecule has 107 heavy (non-hydrogen) atoms. The predicted molar refractivity (Wildman–Crippen MR) is 468 cm³/mol. The fourth-order valence-corrected chi connectivity index (χ4v) is 16.2. The topological polar surface area (TPSA) is 6.48 Å². The van der Waals surface area contributed by atoms with Crippen LogP contribution >= 0.6 is 0 Å². The Labute approximate surface area is 643 Å². The van der Waals surface area contributed by atoms with Gasteiger partial charge in [0, 0.05) is 39.4 Å². The van der Waals surface area contributed by atoms with Gasteiger partial charge in [-0.2, -0.15) is 0 Å². The summed E-state index contributed by atoms with van der Waals surface area (Å²) in [5.41, 5.74) is 36.9. The Kier molecular flexibility index (Phi) is 18.4. The average molecular weight is 1400 g/mol. The van der Waals surface area contributed by atoms with Crippen molar-refractivity contribution in [3.05, 3.63) is 293 Å². The molecule has 0 atom stereocenters. The first-order valence-corrected chi connectivity index (χ1v) is 39.2. The van der Waals surface area contributed by atoms with E-state index in [0.29, 0.717) is 0 Å². The lowest BCUT2D eigenvalue weighted by molar-refractivity contribution is 0.590. The molecule has 0 radical (unpaired) electrons. The summed E-state index contributed by atoms with van der Waals surface area (Å²) in [6, 6.07) is 98.8. The predicted octanol–water partition coefficient (Wildman–Crippen LogP) is 27.8. The summed E-state index contributed by atoms with van der Waals surface area (Å²) in [5.74, 6) is 0. The Hall–Kier alpha value is -9.70. The molecule has 2 aliphatic rings. The number of hydrogen-bond donors (Lipinski definition) is 0. The van der Waals surface area contributed by atoms with Gasteiger partial charge in [0.1, 0.15) is 0 Å². The minimum Gasteiger partial charge on any atom is -0.311 e. The summed E-state index contributed by atoms with van der Waals surface area (Å²) in [4.78, 5) is 5.43. The summed E-state index contributed by atoms with van der Waals surface area (Å²) in [7, 11) is 0. The van der Waals surface area contributed by atoms with E-state index in [1.165, 1.54) is 123 Å². The molecule has 2 heterocycles. The molecule has 0 bridgehead atoms. The van der Waals surface area contributed by atoms with E-state index in [0.717, 1.165) is 50.3 Å². The molecule has 0 saturated heterocycles. The van der Waals surface area contributed by atoms with Crippen LogP contribution in [0.15, 0.2) is 249 Å². The van der Waals surface area contributed by atoms with Gasteiger partial charge >= 0.3 is 0 Å². The van der Waals surface area contributed by atoms with Gasteiger partial charge in [0.2, 0.25) is 0 Å². The van der Waals surface area contributed by atoms with Gasteiger partial charge in [-0.25, -0.2) is 0 Å². The minimum atomic E-state index is -0.248. The summed E-state index contributed by atoms with van der Waals surface area (Å²) in [6.45, 7) is 55.9. The van der Waals surface area contributed by atoms with Crippen molar-refractivity contribution in [1.29, 1.82) is 0 Å². The standard InChI is InChI=1S/C104H113BN2/c1-97(2,3)77-38-30-66(31-39-77)71-58-72(67-32-40-78(41-33-67)98(4,5)6)61-75(60-71)92-91(70-28-26-25-27-29-70)93(76-62-73(68-34-42-79(43-35-68)99(7,8)9)59-74(63-76)69-36-44-80(45-37-69)100(10,11)12)96-94-95(92)106(85-52-46-81(47-53-85)101(13,14)15)89-56-50-83(103(19,20)21)64-87(89)105(94)88-65-84(104(22,23)24)51-57-90(88)107(96)86-54-48-82(49-55-86)102(16,17)18/h25-65H,1-24H3. The molecule has 12 aromatic rings. The van der Waals surface area contributed by atoms with E-state index in [2.05, 4.69) is 425 Å². The molecule has 0 aliphatic carbocycles. The van der Waals surface area contributed by atoms with Gasteiger partial charge < -0.3 is 9.80 Å². The highest BCUT2D eigenvalue weighted by Crippen LogP contribution is 2.58. The maximum atomic E-state index is 2.71. The first-order valence-electron chi connectivity index (χ1n) is 39.2. The normalized spacial score (nSPS) is 13.6. The van der Waals surface area contributed by atoms with Crippen molar-refractivity contribution in [3.8, 4) is 77.9 Å². The van der Waals surface area contributed by atoms with E-state index in [1.807, 2.05) is 0 Å². The molecule has 2 nitrogen and oxygen atoms in total. The molecule has 0 unspecified atom stereocenters. The molecule has 0 N–H and O–H groups in total. The Morgan fingerprint density at radius 3 is 0.682 bits per heavy atom. The van der Waals surface area contributed by atoms with E-state index in [9.17, 15) is 0 Å². The molecule has 0 spiro atoms. The molecule has 0 saturated carbocycles. The second-order valence-corrected chi connectivity index (χ2v) is 39.3. The summed E-state index contributed by atoms with van der Waals surface area (Å²) in [5, 5.41) is 0. The van der Waals surface area contributed by atoms with Crippen LogP contribution < -0.4 is 26.2 Å². The van der Waals surface area contributed by atoms with Crippen LogP contribution in [0.3, 0.4) is 0 Å². The van der Waals surface area contributed by atoms with Crippen molar-refractivity contribution in [2.24, 2.45) is 0 Å². The van der Waals surface area contributed by atoms with Crippen LogP contribution in [0.25, 0.3) is 77.9 Å². The first kappa shape index (κ1) is 74.2. The summed E-state index contributed by atoms with van der Waals surface area (Å²) in [6.07, 6.45) is 0. The van der Waals surface area contributed by atoms with E-state index in [4.69, 9.17) is 0 Å². The molecule has 0 aromatic heterocycles. The highest BCUT2D eigenvalue weighted by atomic mass is 15.2. The molecule has 0 fully saturated rings. The molecule has 2 aliphatic heterocycles. The van der Waals surface area contributed by atoms with Crippen LogP contribution in [-0.2, 0) is 43.3 Å². The quantitative estimate of drug-likeness (QED) is 0.133. The molecule has 0 amide bonds. The number of benzene rings is 12. The van der Waals surface area contributed by atoms with Crippen LogP contribution in [0.4, 0.5) is 34.1 Å². The lowest BCUT2D eigenvalue weighted by Gasteiger charge is -2.47. The van der Waals surface area contributed by atoms with Gasteiger partial charge in [-0.3, -0.25) is 0 Å². The van der Waals surface area contributed by atoms with Gasteiger partial charge in [0.15, 0.2) is 0 Å². The third-order valence-corrected chi connectivity index (χ3v) is 22.9. The lowest BCUT2D eigenvalue weighted by Crippen LogP contribution is -2.62. The van der Waals surface area contributed by atoms with Crippen molar-refractivity contribution >= 4 is 57.2 Å². The van der Waals surface area contributed by atoms with Crippen LogP contribution in [0.1, 0.15) is 211 Å². The molecular weight excluding hydrogens is 1290 g/mol. The van der Waals surface area contributed by atoms with E-state index in [1.54, 1.807) is 0 Å². The lowest BCUT2D eigenvalue weighted by atomic mass is 9.32. The van der Waals surface area contributed by atoms with Crippen molar-refractivity contribution < 1.29 is 0 Å². The zero-order valence-corrected chi connectivity index (χ0v) is 68.6. The van der Waals surface area contributed by atoms with Gasteiger partial charge in [-0.15, -0.1) is 0 Å². The van der Waals surface area contributed by atoms with Crippen LogP contribution in [0.2, 0.25) is 0 Å².